The highest BCUT2D eigenvalue weighted by molar-refractivity contribution is 7.92. The lowest BCUT2D eigenvalue weighted by Gasteiger charge is -2.12. The van der Waals surface area contributed by atoms with Gasteiger partial charge in [0.15, 0.2) is 11.5 Å². The molecule has 17 aromatic rings. The van der Waals surface area contributed by atoms with Crippen LogP contribution in [0.25, 0.3) is 111 Å². The molecule has 0 unspecified atom stereocenters. The smallest absolute Gasteiger partial charge is 0.319 e. The number of ether oxygens (including phenoxy) is 5. The average molecular weight is 1960 g/mol. The lowest BCUT2D eigenvalue weighted by atomic mass is 10.0. The Kier molecular flexibility index (Phi) is 32.8. The fourth-order valence-corrected chi connectivity index (χ4v) is 17.9. The first-order valence-corrected chi connectivity index (χ1v) is 47.5. The lowest BCUT2D eigenvalue weighted by Crippen LogP contribution is -2.30. The van der Waals surface area contributed by atoms with Crippen LogP contribution in [0.15, 0.2) is 255 Å². The second-order valence-electron chi connectivity index (χ2n) is 31.5. The number of nitrogens with two attached hydrogens (primary N) is 1. The number of fused-ring (bicyclic) bond motifs is 5. The summed E-state index contributed by atoms with van der Waals surface area (Å²) in [5.41, 5.74) is 25.7. The molecule has 0 aliphatic heterocycles. The third-order valence-corrected chi connectivity index (χ3v) is 24.5. The minimum absolute atomic E-state index is 0.0467. The Hall–Kier alpha value is -17.2. The van der Waals surface area contributed by atoms with E-state index in [4.69, 9.17) is 64.2 Å². The number of alkyl halides is 1. The van der Waals surface area contributed by atoms with Gasteiger partial charge >= 0.3 is 6.03 Å². The van der Waals surface area contributed by atoms with Gasteiger partial charge in [-0.1, -0.05) is 83.9 Å². The summed E-state index contributed by atoms with van der Waals surface area (Å²) in [4.78, 5) is 47.6. The molecule has 0 bridgehead atoms. The van der Waals surface area contributed by atoms with Crippen LogP contribution in [0.5, 0.6) is 28.7 Å². The van der Waals surface area contributed by atoms with Crippen molar-refractivity contribution in [3.8, 4) is 115 Å². The Bertz CT molecular complexity index is 7960. The molecule has 12 aromatic carbocycles. The van der Waals surface area contributed by atoms with Crippen LogP contribution in [0.4, 0.5) is 38.9 Å². The van der Waals surface area contributed by atoms with Crippen molar-refractivity contribution in [1.29, 1.82) is 26.3 Å². The van der Waals surface area contributed by atoms with E-state index >= 15 is 0 Å². The van der Waals surface area contributed by atoms with Crippen molar-refractivity contribution >= 4 is 151 Å². The zero-order valence-electron chi connectivity index (χ0n) is 78.6. The Morgan fingerprint density at radius 1 is 0.390 bits per heavy atom. The van der Waals surface area contributed by atoms with Crippen molar-refractivity contribution in [1.82, 2.24) is 28.2 Å². The molecule has 0 aliphatic rings. The number of carbonyl (C=O) groups is 3. The van der Waals surface area contributed by atoms with Crippen LogP contribution in [0.3, 0.4) is 0 Å². The monoisotopic (exact) mass is 1960 g/mol. The number of nitriles is 5. The third kappa shape index (κ3) is 22.3. The highest BCUT2D eigenvalue weighted by Gasteiger charge is 2.26. The molecule has 0 radical (unpaired) electrons. The van der Waals surface area contributed by atoms with Crippen molar-refractivity contribution in [3.63, 3.8) is 0 Å². The molecule has 0 saturated heterocycles. The number of halogens is 3. The number of nitrogens with one attached hydrogen (secondary N) is 5. The molecule has 33 heteroatoms. The van der Waals surface area contributed by atoms with E-state index in [0.29, 0.717) is 133 Å². The standard InChI is InChI=1S/C27H25N3O4.C25H20N4O4.C21H21ClN4O2.C18H16ClN3O2S.C17H14ClN3/c1-5-30-23-15-20(32-2)11-12-21(23)22(16-28)26(30)17-6-8-18(9-7-17)27(31)29-19-10-13-24(33-3)25(14-19)34-4;1-3-28-23-14-20(33-2)12-13-21(23)22(15-26)24(28)16-4-6-17(7-5-16)25(30)27-18-8-10-19(11-9-18)29(31)32;1-3-26-19-12-16(28-2)7-8-17(19)18(13-23)20(26)14-5-4-6-15(11-14)25-21(27)24-10-9-22;1-3-22-17-9-6-13(19)10-15(17)16(11-20)18(22)12-4-7-14(8-5-12)21-25(2,23)24;1-2-21-16-8-5-12(18)9-14(16)15(10-19)17(21)11-3-6-13(20)7-4-11/h6-15H,5H2,1-4H3,(H,29,31);4-14H,3H2,1-2H3,(H,27,30);4-8,11-12H,3,9-10H2,1-2H3,(H2,24,25,27);4-10,21H,3H2,1-2H3;3-9H,2,20H2,1H3. The average Bonchev–Trinajstić information content (AvgIpc) is 1.64. The Morgan fingerprint density at radius 3 is 1.11 bits per heavy atom. The highest BCUT2D eigenvalue weighted by atomic mass is 35.5. The first kappa shape index (κ1) is 101. The predicted molar refractivity (Wildman–Crippen MR) is 558 cm³/mol. The number of non-ortho nitro benzene ring substituents is 1. The highest BCUT2D eigenvalue weighted by Crippen LogP contribution is 2.43. The summed E-state index contributed by atoms with van der Waals surface area (Å²) in [6, 6.07) is 86.6. The number of methoxy groups -OCH3 is 5. The number of amides is 4. The van der Waals surface area contributed by atoms with Gasteiger partial charge in [-0.3, -0.25) is 24.4 Å². The number of benzene rings is 12. The molecule has 4 amide bonds. The van der Waals surface area contributed by atoms with Crippen LogP contribution in [-0.2, 0) is 42.7 Å². The van der Waals surface area contributed by atoms with Gasteiger partial charge in [0.05, 0.1) is 120 Å². The summed E-state index contributed by atoms with van der Waals surface area (Å²) < 4.78 is 62.1. The number of sulfonamides is 1. The maximum Gasteiger partial charge on any atom is 0.319 e. The SMILES string of the molecule is CCn1c(-c2ccc(C(=O)Nc3ccc(OC)c(OC)c3)cc2)c(C#N)c2ccc(OC)cc21.CCn1c(-c2ccc(C(=O)Nc3ccc([N+](=O)[O-])cc3)cc2)c(C#N)c2ccc(OC)cc21.CCn1c(-c2ccc(N)cc2)c(C#N)c2cc(Cl)ccc21.CCn1c(-c2ccc(NS(C)(=O)=O)cc2)c(C#N)c2cc(Cl)ccc21.CCn1c(-c2cccc(NC(=O)NCCCl)c2)c(C#N)c2ccc(OC)cc21. The number of hydrogen-bond donors (Lipinski definition) is 6. The number of nitrogen functional groups attached to an aromatic ring is 1. The third-order valence-electron chi connectivity index (χ3n) is 23.2. The van der Waals surface area contributed by atoms with Gasteiger partial charge in [-0.05, 0) is 215 Å². The summed E-state index contributed by atoms with van der Waals surface area (Å²) in [6.45, 7) is 14.0. The number of hydrogen-bond acceptors (Lipinski definition) is 18. The number of anilines is 5. The summed E-state index contributed by atoms with van der Waals surface area (Å²) >= 11 is 17.8. The van der Waals surface area contributed by atoms with Crippen molar-refractivity contribution in [3.05, 3.63) is 314 Å². The van der Waals surface area contributed by atoms with Gasteiger partial charge in [-0.2, -0.15) is 26.3 Å². The number of nitro groups is 1. The molecule has 29 nitrogen and oxygen atoms in total. The van der Waals surface area contributed by atoms with Gasteiger partial charge in [-0.15, -0.1) is 11.6 Å². The topological polar surface area (TPSA) is 404 Å². The van der Waals surface area contributed by atoms with E-state index < -0.39 is 14.9 Å². The normalized spacial score (nSPS) is 10.7. The molecule has 17 rings (SSSR count). The molecule has 0 atom stereocenters. The van der Waals surface area contributed by atoms with Crippen molar-refractivity contribution in [2.75, 3.05) is 80.6 Å². The molecule has 712 valence electrons. The Labute approximate surface area is 829 Å². The van der Waals surface area contributed by atoms with Gasteiger partial charge in [0.2, 0.25) is 10.0 Å². The molecule has 7 N–H and O–H groups in total. The van der Waals surface area contributed by atoms with Crippen LogP contribution in [0.2, 0.25) is 10.0 Å². The fourth-order valence-electron chi connectivity index (χ4n) is 16.9. The molecule has 0 spiro atoms. The summed E-state index contributed by atoms with van der Waals surface area (Å²) in [5, 5.41) is 76.3. The number of rotatable bonds is 25. The van der Waals surface area contributed by atoms with Crippen molar-refractivity contribution < 1.29 is 51.4 Å². The molecule has 0 fully saturated rings. The maximum atomic E-state index is 12.8. The zero-order chi connectivity index (χ0) is 101. The van der Waals surface area contributed by atoms with Crippen LogP contribution in [-0.4, -0.2) is 108 Å². The van der Waals surface area contributed by atoms with Crippen molar-refractivity contribution in [2.24, 2.45) is 0 Å². The van der Waals surface area contributed by atoms with Gasteiger partial charge in [0.1, 0.15) is 47.6 Å². The van der Waals surface area contributed by atoms with Crippen LogP contribution < -0.4 is 55.4 Å². The summed E-state index contributed by atoms with van der Waals surface area (Å²) in [7, 11) is 4.63. The molecule has 0 aliphatic carbocycles. The van der Waals surface area contributed by atoms with Crippen molar-refractivity contribution in [2.45, 2.75) is 67.3 Å². The molecule has 5 aromatic heterocycles. The number of aromatic nitrogens is 5. The van der Waals surface area contributed by atoms with E-state index in [1.807, 2.05) is 173 Å². The second kappa shape index (κ2) is 45.6. The minimum Gasteiger partial charge on any atom is -0.497 e. The predicted octanol–water partition coefficient (Wildman–Crippen LogP) is 24.1. The summed E-state index contributed by atoms with van der Waals surface area (Å²) in [5.74, 6) is 3.06. The largest absolute Gasteiger partial charge is 0.497 e. The summed E-state index contributed by atoms with van der Waals surface area (Å²) in [6.07, 6.45) is 1.10. The maximum absolute atomic E-state index is 12.8. The first-order valence-electron chi connectivity index (χ1n) is 44.3. The van der Waals surface area contributed by atoms with E-state index in [2.05, 4.69) is 86.1 Å². The number of aryl methyl sites for hydroxylation is 5. The van der Waals surface area contributed by atoms with E-state index in [0.717, 1.165) is 135 Å². The van der Waals surface area contributed by atoms with E-state index in [-0.39, 0.29) is 23.5 Å². The van der Waals surface area contributed by atoms with Crippen LogP contribution in [0.1, 0.15) is 83.2 Å². The van der Waals surface area contributed by atoms with E-state index in [9.17, 15) is 59.2 Å². The number of nitrogens with zero attached hydrogens (tertiary/aromatic N) is 11. The van der Waals surface area contributed by atoms with Gasteiger partial charge in [0.25, 0.3) is 17.5 Å². The minimum atomic E-state index is -3.33. The van der Waals surface area contributed by atoms with Crippen LogP contribution >= 0.6 is 34.8 Å². The quantitative estimate of drug-likeness (QED) is 0.0134. The molecule has 5 heterocycles. The fraction of sp³-hybridized carbons (Fsp3) is 0.167. The Balaban J connectivity index is 0.000000150. The van der Waals surface area contributed by atoms with Gasteiger partial charge in [-0.25, -0.2) is 13.2 Å². The first-order chi connectivity index (χ1) is 68.1. The lowest BCUT2D eigenvalue weighted by molar-refractivity contribution is -0.384. The van der Waals surface area contributed by atoms with Crippen LogP contribution in [0, 0.1) is 66.8 Å². The zero-order valence-corrected chi connectivity index (χ0v) is 81.7. The number of urea groups is 1. The van der Waals surface area contributed by atoms with Gasteiger partial charge < -0.3 is 73.5 Å². The van der Waals surface area contributed by atoms with E-state index in [1.165, 1.54) is 24.3 Å². The molecule has 141 heavy (non-hydrogen) atoms. The Morgan fingerprint density at radius 2 is 0.745 bits per heavy atom. The number of nitro benzene ring substituents is 1. The molecular formula is C108H96Cl3N17O12S. The second-order valence-corrected chi connectivity index (χ2v) is 34.5. The molecular weight excluding hydrogens is 1870 g/mol. The van der Waals surface area contributed by atoms with Gasteiger partial charge in [0, 0.05) is 175 Å². The van der Waals surface area contributed by atoms with E-state index in [1.54, 1.807) is 120 Å². The molecule has 0 saturated carbocycles. The number of carbonyl (C=O) groups excluding carboxylic acids is 3.